The molecule has 0 N–H and O–H groups in total. The second-order valence-electron chi connectivity index (χ2n) is 6.81. The highest BCUT2D eigenvalue weighted by Crippen LogP contribution is 2.15. The number of rotatable bonds is 5. The van der Waals surface area contributed by atoms with Crippen LogP contribution in [0.4, 0.5) is 0 Å². The first-order valence-electron chi connectivity index (χ1n) is 9.12. The minimum absolute atomic E-state index is 0.0150. The fraction of sp³-hybridized carbons (Fsp3) is 0.136. The molecule has 7 nitrogen and oxygen atoms in total. The van der Waals surface area contributed by atoms with Crippen molar-refractivity contribution in [1.82, 2.24) is 19.1 Å². The number of benzene rings is 1. The Morgan fingerprint density at radius 2 is 1.83 bits per heavy atom. The van der Waals surface area contributed by atoms with Gasteiger partial charge in [-0.25, -0.2) is 4.79 Å². The van der Waals surface area contributed by atoms with Gasteiger partial charge in [0.15, 0.2) is 11.6 Å². The minimum Gasteiger partial charge on any atom is -0.324 e. The molecule has 0 spiro atoms. The van der Waals surface area contributed by atoms with Crippen LogP contribution >= 0.6 is 0 Å². The van der Waals surface area contributed by atoms with E-state index in [1.165, 1.54) is 4.57 Å². The Morgan fingerprint density at radius 1 is 1.03 bits per heavy atom. The lowest BCUT2D eigenvalue weighted by molar-refractivity contribution is 0.0972. The molecule has 29 heavy (non-hydrogen) atoms. The molecule has 144 valence electrons. The molecule has 0 atom stereocenters. The van der Waals surface area contributed by atoms with Crippen LogP contribution in [-0.2, 0) is 13.1 Å². The Labute approximate surface area is 166 Å². The number of nitrogens with zero attached hydrogens (tertiary/aromatic N) is 4. The highest BCUT2D eigenvalue weighted by molar-refractivity contribution is 5.96. The molecule has 3 heterocycles. The fourth-order valence-corrected chi connectivity index (χ4v) is 3.14. The zero-order chi connectivity index (χ0) is 20.4. The summed E-state index contributed by atoms with van der Waals surface area (Å²) >= 11 is 0. The van der Waals surface area contributed by atoms with Gasteiger partial charge in [-0.15, -0.1) is 0 Å². The third-order valence-electron chi connectivity index (χ3n) is 4.70. The Balaban J connectivity index is 1.72. The van der Waals surface area contributed by atoms with Crippen LogP contribution in [-0.4, -0.2) is 24.9 Å². The number of hydrogen-bond acceptors (Lipinski definition) is 5. The summed E-state index contributed by atoms with van der Waals surface area (Å²) in [6, 6.07) is 14.1. The molecule has 1 aromatic carbocycles. The second-order valence-corrected chi connectivity index (χ2v) is 6.81. The largest absolute Gasteiger partial charge is 0.352 e. The van der Waals surface area contributed by atoms with E-state index in [4.69, 9.17) is 0 Å². The summed E-state index contributed by atoms with van der Waals surface area (Å²) in [7, 11) is 0. The molecule has 1 aromatic heterocycles. The second kappa shape index (κ2) is 7.63. The van der Waals surface area contributed by atoms with E-state index in [2.05, 4.69) is 9.97 Å². The van der Waals surface area contributed by atoms with Gasteiger partial charge in [0.1, 0.15) is 0 Å². The van der Waals surface area contributed by atoms with Gasteiger partial charge in [0.05, 0.1) is 18.7 Å². The molecule has 2 aliphatic rings. The normalized spacial score (nSPS) is 10.9. The van der Waals surface area contributed by atoms with Crippen molar-refractivity contribution in [3.8, 4) is 11.4 Å². The van der Waals surface area contributed by atoms with Crippen LogP contribution in [0, 0.1) is 6.92 Å². The maximum atomic E-state index is 12.9. The molecule has 0 saturated carbocycles. The summed E-state index contributed by atoms with van der Waals surface area (Å²) in [5, 5.41) is 0. The summed E-state index contributed by atoms with van der Waals surface area (Å²) in [5.41, 5.74) is 1.53. The first-order valence-corrected chi connectivity index (χ1v) is 9.12. The number of carbonyl (C=O) groups excluding carboxylic acids is 1. The van der Waals surface area contributed by atoms with Gasteiger partial charge in [-0.1, -0.05) is 35.9 Å². The van der Waals surface area contributed by atoms with E-state index in [1.807, 2.05) is 19.1 Å². The van der Waals surface area contributed by atoms with E-state index in [1.54, 1.807) is 55.0 Å². The van der Waals surface area contributed by atoms with Crippen molar-refractivity contribution in [2.24, 2.45) is 0 Å². The Morgan fingerprint density at radius 3 is 2.55 bits per heavy atom. The van der Waals surface area contributed by atoms with Crippen molar-refractivity contribution < 1.29 is 4.79 Å². The van der Waals surface area contributed by atoms with E-state index in [9.17, 15) is 14.4 Å². The average Bonchev–Trinajstić information content (AvgIpc) is 2.73. The smallest absolute Gasteiger partial charge is 0.324 e. The van der Waals surface area contributed by atoms with Gasteiger partial charge >= 0.3 is 5.69 Å². The fourth-order valence-electron chi connectivity index (χ4n) is 3.14. The monoisotopic (exact) mass is 386 g/mol. The summed E-state index contributed by atoms with van der Waals surface area (Å²) in [6.45, 7) is 2.02. The summed E-state index contributed by atoms with van der Waals surface area (Å²) in [6.07, 6.45) is 4.87. The van der Waals surface area contributed by atoms with Gasteiger partial charge in [-0.2, -0.15) is 4.98 Å². The quantitative estimate of drug-likeness (QED) is 0.491. The van der Waals surface area contributed by atoms with Crippen LogP contribution < -0.4 is 11.2 Å². The molecule has 0 radical (unpaired) electrons. The highest BCUT2D eigenvalue weighted by Gasteiger charge is 2.18. The molecule has 0 aliphatic carbocycles. The molecule has 7 heteroatoms. The Kier molecular flexibility index (Phi) is 4.87. The highest BCUT2D eigenvalue weighted by atomic mass is 16.2. The van der Waals surface area contributed by atoms with Crippen LogP contribution in [0.25, 0.3) is 11.4 Å². The zero-order valence-corrected chi connectivity index (χ0v) is 15.8. The lowest BCUT2D eigenvalue weighted by Crippen LogP contribution is -2.38. The number of ketones is 1. The number of fused-ring (bicyclic) bond motifs is 1. The van der Waals surface area contributed by atoms with Gasteiger partial charge in [0, 0.05) is 24.2 Å². The van der Waals surface area contributed by atoms with Crippen molar-refractivity contribution in [1.29, 1.82) is 0 Å². The standard InChI is InChI=1S/C22H18N4O3/c1-15-6-8-17(9-7-15)19(27)14-25-11-3-5-18-20(25)24-22(29)26(21(18)28)13-16-4-2-10-23-12-16/h2-12H,13-14H2,1H3. The predicted molar refractivity (Wildman–Crippen MR) is 108 cm³/mol. The van der Waals surface area contributed by atoms with E-state index in [0.717, 1.165) is 15.7 Å². The van der Waals surface area contributed by atoms with Crippen LogP contribution in [0.3, 0.4) is 0 Å². The molecule has 2 aromatic rings. The van der Waals surface area contributed by atoms with Gasteiger partial charge in [-0.3, -0.25) is 19.1 Å². The Hall–Kier alpha value is -3.87. The van der Waals surface area contributed by atoms with Crippen molar-refractivity contribution >= 4 is 5.78 Å². The molecular weight excluding hydrogens is 368 g/mol. The number of hydrogen-bond donors (Lipinski definition) is 0. The van der Waals surface area contributed by atoms with Gasteiger partial charge in [-0.05, 0) is 30.7 Å². The maximum Gasteiger partial charge on any atom is 0.352 e. The lowest BCUT2D eigenvalue weighted by atomic mass is 10.1. The van der Waals surface area contributed by atoms with Gasteiger partial charge < -0.3 is 4.57 Å². The third kappa shape index (κ3) is 3.75. The van der Waals surface area contributed by atoms with Crippen LogP contribution in [0.1, 0.15) is 21.5 Å². The molecule has 0 unspecified atom stereocenters. The number of Topliss-reactive ketones (excluding diaryl/α,β-unsaturated/α-hetero) is 1. The number of aryl methyl sites for hydroxylation is 1. The molecule has 0 bridgehead atoms. The van der Waals surface area contributed by atoms with E-state index in [-0.39, 0.29) is 30.3 Å². The minimum atomic E-state index is -0.658. The first-order chi connectivity index (χ1) is 14.0. The SMILES string of the molecule is Cc1ccc(C(=O)Cn2cccc3c(=O)n(Cc4cccnc4)c(=O)nc2-3)cc1. The first kappa shape index (κ1) is 18.5. The summed E-state index contributed by atoms with van der Waals surface area (Å²) < 4.78 is 2.61. The predicted octanol–water partition coefficient (Wildman–Crippen LogP) is 2.14. The van der Waals surface area contributed by atoms with Gasteiger partial charge in [0.25, 0.3) is 5.56 Å². The summed E-state index contributed by atoms with van der Waals surface area (Å²) in [5.74, 6) is 0.0710. The lowest BCUT2D eigenvalue weighted by Gasteiger charge is -2.14. The van der Waals surface area contributed by atoms with Crippen LogP contribution in [0.15, 0.2) is 76.7 Å². The maximum absolute atomic E-state index is 12.9. The number of aromatic nitrogens is 4. The third-order valence-corrected chi connectivity index (χ3v) is 4.70. The van der Waals surface area contributed by atoms with Crippen molar-refractivity contribution in [3.05, 3.63) is 105 Å². The Bertz CT molecular complexity index is 1260. The molecular formula is C22H18N4O3. The van der Waals surface area contributed by atoms with Gasteiger partial charge in [0.2, 0.25) is 0 Å². The van der Waals surface area contributed by atoms with E-state index in [0.29, 0.717) is 5.56 Å². The molecule has 0 fully saturated rings. The molecule has 4 rings (SSSR count). The van der Waals surface area contributed by atoms with E-state index >= 15 is 0 Å². The van der Waals surface area contributed by atoms with Crippen molar-refractivity contribution in [2.75, 3.05) is 0 Å². The average molecular weight is 386 g/mol. The molecule has 2 aliphatic heterocycles. The van der Waals surface area contributed by atoms with E-state index < -0.39 is 11.2 Å². The number of carbonyl (C=O) groups is 1. The van der Waals surface area contributed by atoms with Crippen LogP contribution in [0.5, 0.6) is 0 Å². The summed E-state index contributed by atoms with van der Waals surface area (Å²) in [4.78, 5) is 46.2. The van der Waals surface area contributed by atoms with Crippen molar-refractivity contribution in [2.45, 2.75) is 20.0 Å². The molecule has 0 saturated heterocycles. The van der Waals surface area contributed by atoms with Crippen molar-refractivity contribution in [3.63, 3.8) is 0 Å². The zero-order valence-electron chi connectivity index (χ0n) is 15.8. The van der Waals surface area contributed by atoms with Crippen LogP contribution in [0.2, 0.25) is 0 Å². The number of pyridine rings is 2. The topological polar surface area (TPSA) is 86.9 Å². The molecule has 0 amide bonds.